The fourth-order valence-corrected chi connectivity index (χ4v) is 2.69. The highest BCUT2D eigenvalue weighted by Crippen LogP contribution is 2.35. The number of hydrogen-bond donors (Lipinski definition) is 0. The number of ether oxygens (including phenoxy) is 2. The maximum absolute atomic E-state index is 13.2. The molecule has 0 saturated heterocycles. The molecule has 0 fully saturated rings. The van der Waals surface area contributed by atoms with Gasteiger partial charge in [-0.3, -0.25) is 4.99 Å². The first kappa shape index (κ1) is 24.1. The Morgan fingerprint density at radius 2 is 1.61 bits per heavy atom. The summed E-state index contributed by atoms with van der Waals surface area (Å²) in [5, 5.41) is 8.79. The number of benzene rings is 2. The number of rotatable bonds is 7. The highest BCUT2D eigenvalue weighted by Gasteiger charge is 2.34. The molecule has 0 aliphatic rings. The molecule has 0 spiro atoms. The minimum atomic E-state index is -4.70. The van der Waals surface area contributed by atoms with Crippen molar-refractivity contribution in [1.82, 2.24) is 0 Å². The van der Waals surface area contributed by atoms with Gasteiger partial charge in [-0.1, -0.05) is 0 Å². The Morgan fingerprint density at radius 1 is 1.00 bits per heavy atom. The van der Waals surface area contributed by atoms with Crippen LogP contribution >= 0.6 is 0 Å². The molecule has 2 rings (SSSR count). The predicted molar refractivity (Wildman–Crippen MR) is 101 cm³/mol. The second-order valence-electron chi connectivity index (χ2n) is 6.52. The predicted octanol–water partition coefficient (Wildman–Crippen LogP) is 5.88. The van der Waals surface area contributed by atoms with Crippen LogP contribution in [0.15, 0.2) is 41.4 Å². The maximum atomic E-state index is 13.2. The quantitative estimate of drug-likeness (QED) is 0.396. The van der Waals surface area contributed by atoms with Crippen LogP contribution < -0.4 is 9.47 Å². The van der Waals surface area contributed by atoms with Gasteiger partial charge >= 0.3 is 12.4 Å². The number of halogens is 6. The topological polar surface area (TPSA) is 54.6 Å². The first-order chi connectivity index (χ1) is 14.5. The Labute approximate surface area is 174 Å². The fraction of sp³-hybridized carbons (Fsp3) is 0.333. The van der Waals surface area contributed by atoms with Crippen molar-refractivity contribution in [3.8, 4) is 17.6 Å². The van der Waals surface area contributed by atoms with Gasteiger partial charge in [0, 0.05) is 25.2 Å². The van der Waals surface area contributed by atoms with Crippen molar-refractivity contribution in [2.75, 3.05) is 13.7 Å². The Hall–Kier alpha value is -3.22. The van der Waals surface area contributed by atoms with E-state index in [0.29, 0.717) is 0 Å². The van der Waals surface area contributed by atoms with Gasteiger partial charge in [-0.15, -0.1) is 0 Å². The largest absolute Gasteiger partial charge is 0.493 e. The van der Waals surface area contributed by atoms with Crippen molar-refractivity contribution >= 4 is 6.21 Å². The van der Waals surface area contributed by atoms with Crippen molar-refractivity contribution in [3.05, 3.63) is 58.7 Å². The van der Waals surface area contributed by atoms with Gasteiger partial charge in [0.2, 0.25) is 0 Å². The smallest absolute Gasteiger partial charge is 0.417 e. The zero-order valence-corrected chi connectivity index (χ0v) is 16.5. The molecule has 0 heterocycles. The van der Waals surface area contributed by atoms with E-state index in [1.165, 1.54) is 31.3 Å². The van der Waals surface area contributed by atoms with Crippen molar-refractivity contribution < 1.29 is 35.8 Å². The molecule has 1 atom stereocenters. The van der Waals surface area contributed by atoms with Crippen molar-refractivity contribution in [2.45, 2.75) is 31.8 Å². The highest BCUT2D eigenvalue weighted by atomic mass is 19.4. The van der Waals surface area contributed by atoms with Gasteiger partial charge in [0.25, 0.3) is 0 Å². The first-order valence-corrected chi connectivity index (χ1v) is 9.00. The summed E-state index contributed by atoms with van der Waals surface area (Å²) in [6.07, 6.45) is -8.58. The van der Waals surface area contributed by atoms with Gasteiger partial charge in [-0.2, -0.15) is 31.6 Å². The van der Waals surface area contributed by atoms with Gasteiger partial charge in [0.15, 0.2) is 0 Å². The number of nitrogens with zero attached hydrogens (tertiary/aromatic N) is 2. The van der Waals surface area contributed by atoms with Crippen LogP contribution in [0.5, 0.6) is 11.5 Å². The molecular weight excluding hydrogens is 426 g/mol. The lowest BCUT2D eigenvalue weighted by molar-refractivity contribution is -0.138. The molecular formula is C21H18F6N2O2. The summed E-state index contributed by atoms with van der Waals surface area (Å²) in [5.74, 6) is -0.0908. The molecule has 166 valence electrons. The summed E-state index contributed by atoms with van der Waals surface area (Å²) in [4.78, 5) is 3.60. The third-order valence-electron chi connectivity index (χ3n) is 4.15. The molecule has 0 aliphatic carbocycles. The molecule has 0 N–H and O–H groups in total. The number of nitriles is 1. The van der Waals surface area contributed by atoms with Crippen LogP contribution in [-0.2, 0) is 12.4 Å². The number of hydrogen-bond acceptors (Lipinski definition) is 4. The van der Waals surface area contributed by atoms with Crippen LogP contribution in [0.25, 0.3) is 0 Å². The van der Waals surface area contributed by atoms with E-state index in [4.69, 9.17) is 14.7 Å². The van der Waals surface area contributed by atoms with E-state index in [9.17, 15) is 26.3 Å². The molecule has 0 aromatic heterocycles. The van der Waals surface area contributed by atoms with E-state index in [1.54, 1.807) is 6.92 Å². The van der Waals surface area contributed by atoms with Crippen LogP contribution in [0.1, 0.15) is 35.6 Å². The van der Waals surface area contributed by atoms with Gasteiger partial charge in [0.1, 0.15) is 11.5 Å². The van der Waals surface area contributed by atoms with Crippen LogP contribution in [0.4, 0.5) is 26.3 Å². The second-order valence-corrected chi connectivity index (χ2v) is 6.52. The molecule has 0 radical (unpaired) electrons. The molecule has 0 bridgehead atoms. The molecule has 0 aliphatic heterocycles. The standard InChI is InChI=1S/C21H18F6N2O2/c1-13(31-17-6-4-15(12-29-2)19(10-17)21(25,26)27)7-8-30-16-5-3-14(11-28)18(9-16)20(22,23)24/h3-6,9-10,12-13H,7-8H2,1-2H3/t13-/m0/s1. The minimum Gasteiger partial charge on any atom is -0.493 e. The van der Waals surface area contributed by atoms with Crippen LogP contribution in [-0.4, -0.2) is 26.0 Å². The second kappa shape index (κ2) is 9.73. The normalized spacial score (nSPS) is 13.1. The minimum absolute atomic E-state index is 0.00851. The van der Waals surface area contributed by atoms with Crippen molar-refractivity contribution in [1.29, 1.82) is 5.26 Å². The maximum Gasteiger partial charge on any atom is 0.417 e. The molecule has 4 nitrogen and oxygen atoms in total. The Balaban J connectivity index is 2.02. The van der Waals surface area contributed by atoms with Crippen LogP contribution in [0.2, 0.25) is 0 Å². The third kappa shape index (κ3) is 6.64. The Morgan fingerprint density at radius 3 is 2.19 bits per heavy atom. The summed E-state index contributed by atoms with van der Waals surface area (Å²) in [6, 6.07) is 7.94. The van der Waals surface area contributed by atoms with Crippen LogP contribution in [0.3, 0.4) is 0 Å². The molecule has 2 aromatic carbocycles. The van der Waals surface area contributed by atoms with E-state index in [-0.39, 0.29) is 30.1 Å². The van der Waals surface area contributed by atoms with E-state index >= 15 is 0 Å². The van der Waals surface area contributed by atoms with E-state index in [0.717, 1.165) is 24.4 Å². The van der Waals surface area contributed by atoms with Gasteiger partial charge in [0.05, 0.1) is 35.5 Å². The molecule has 10 heteroatoms. The summed E-state index contributed by atoms with van der Waals surface area (Å²) in [6.45, 7) is 1.55. The monoisotopic (exact) mass is 444 g/mol. The van der Waals surface area contributed by atoms with Crippen molar-refractivity contribution in [3.63, 3.8) is 0 Å². The molecule has 0 saturated carbocycles. The molecule has 0 unspecified atom stereocenters. The molecule has 31 heavy (non-hydrogen) atoms. The van der Waals surface area contributed by atoms with Gasteiger partial charge in [-0.25, -0.2) is 0 Å². The van der Waals surface area contributed by atoms with Gasteiger partial charge < -0.3 is 9.47 Å². The average Bonchev–Trinajstić information content (AvgIpc) is 2.67. The van der Waals surface area contributed by atoms with E-state index < -0.39 is 35.1 Å². The lowest BCUT2D eigenvalue weighted by atomic mass is 10.1. The SMILES string of the molecule is CN=Cc1ccc(O[C@@H](C)CCOc2ccc(C#N)c(C(F)(F)F)c2)cc1C(F)(F)F. The van der Waals surface area contributed by atoms with E-state index in [1.807, 2.05) is 0 Å². The first-order valence-electron chi connectivity index (χ1n) is 9.00. The molecule has 0 amide bonds. The summed E-state index contributed by atoms with van der Waals surface area (Å²) < 4.78 is 89.4. The summed E-state index contributed by atoms with van der Waals surface area (Å²) in [5.41, 5.74) is -2.61. The molecule has 2 aromatic rings. The van der Waals surface area contributed by atoms with E-state index in [2.05, 4.69) is 4.99 Å². The average molecular weight is 444 g/mol. The lowest BCUT2D eigenvalue weighted by Gasteiger charge is -2.18. The highest BCUT2D eigenvalue weighted by molar-refractivity contribution is 5.82. The Kier molecular flexibility index (Phi) is 7.55. The number of alkyl halides is 6. The van der Waals surface area contributed by atoms with Crippen LogP contribution in [0, 0.1) is 11.3 Å². The number of aliphatic imine (C=N–C) groups is 1. The summed E-state index contributed by atoms with van der Waals surface area (Å²) >= 11 is 0. The zero-order valence-electron chi connectivity index (χ0n) is 16.5. The third-order valence-corrected chi connectivity index (χ3v) is 4.15. The fourth-order valence-electron chi connectivity index (χ4n) is 2.69. The van der Waals surface area contributed by atoms with Gasteiger partial charge in [-0.05, 0) is 43.3 Å². The zero-order chi connectivity index (χ0) is 23.2. The summed E-state index contributed by atoms with van der Waals surface area (Å²) in [7, 11) is 1.36. The Bertz CT molecular complexity index is 977. The lowest BCUT2D eigenvalue weighted by Crippen LogP contribution is -2.17. The van der Waals surface area contributed by atoms with Crippen molar-refractivity contribution in [2.24, 2.45) is 4.99 Å².